The van der Waals surface area contributed by atoms with Crippen LogP contribution in [0.5, 0.6) is 0 Å². The third kappa shape index (κ3) is 4.20. The van der Waals surface area contributed by atoms with Crippen molar-refractivity contribution in [1.82, 2.24) is 5.32 Å². The molecule has 20 heavy (non-hydrogen) atoms. The minimum atomic E-state index is -3.92. The van der Waals surface area contributed by atoms with Crippen LogP contribution in [0.2, 0.25) is 0 Å². The third-order valence-electron chi connectivity index (χ3n) is 3.08. The van der Waals surface area contributed by atoms with E-state index in [4.69, 9.17) is 10.7 Å². The first kappa shape index (κ1) is 17.5. The lowest BCUT2D eigenvalue weighted by molar-refractivity contribution is 0.0911. The molecule has 0 fully saturated rings. The van der Waals surface area contributed by atoms with Crippen molar-refractivity contribution in [3.8, 4) is 0 Å². The van der Waals surface area contributed by atoms with Gasteiger partial charge in [-0.25, -0.2) is 8.42 Å². The predicted molar refractivity (Wildman–Crippen MR) is 83.8 cm³/mol. The third-order valence-corrected chi connectivity index (χ3v) is 5.74. The van der Waals surface area contributed by atoms with Gasteiger partial charge in [-0.15, -0.1) is 0 Å². The number of hydrogen-bond donors (Lipinski definition) is 1. The van der Waals surface area contributed by atoms with Gasteiger partial charge in [-0.3, -0.25) is 4.79 Å². The summed E-state index contributed by atoms with van der Waals surface area (Å²) in [6.07, 6.45) is 0.759. The van der Waals surface area contributed by atoms with E-state index in [0.717, 1.165) is 6.42 Å². The molecule has 0 aromatic heterocycles. The van der Waals surface area contributed by atoms with Gasteiger partial charge in [-0.1, -0.05) is 6.92 Å². The lowest BCUT2D eigenvalue weighted by atomic mass is 10.0. The van der Waals surface area contributed by atoms with Crippen LogP contribution >= 0.6 is 26.6 Å². The van der Waals surface area contributed by atoms with E-state index in [0.29, 0.717) is 10.0 Å². The Morgan fingerprint density at radius 2 is 1.95 bits per heavy atom. The Balaban J connectivity index is 3.28. The summed E-state index contributed by atoms with van der Waals surface area (Å²) in [5.74, 6) is -0.325. The number of carbonyl (C=O) groups excluding carboxylic acids is 1. The normalized spacial score (nSPS) is 12.3. The molecule has 1 amide bonds. The Bertz CT molecular complexity index is 641. The van der Waals surface area contributed by atoms with Crippen LogP contribution < -0.4 is 5.32 Å². The molecule has 0 unspecified atom stereocenters. The fraction of sp³-hybridized carbons (Fsp3) is 0.462. The maximum Gasteiger partial charge on any atom is 0.262 e. The fourth-order valence-electron chi connectivity index (χ4n) is 1.51. The summed E-state index contributed by atoms with van der Waals surface area (Å²) in [6.45, 7) is 7.46. The van der Waals surface area contributed by atoms with Gasteiger partial charge in [0, 0.05) is 26.3 Å². The molecule has 1 rings (SSSR count). The van der Waals surface area contributed by atoms with E-state index in [-0.39, 0.29) is 21.9 Å². The van der Waals surface area contributed by atoms with Crippen molar-refractivity contribution in [1.29, 1.82) is 0 Å². The van der Waals surface area contributed by atoms with E-state index < -0.39 is 9.05 Å². The van der Waals surface area contributed by atoms with Gasteiger partial charge in [0.1, 0.15) is 0 Å². The number of halogens is 2. The summed E-state index contributed by atoms with van der Waals surface area (Å²) in [7, 11) is 1.47. The maximum absolute atomic E-state index is 12.2. The smallest absolute Gasteiger partial charge is 0.262 e. The molecule has 1 aromatic carbocycles. The van der Waals surface area contributed by atoms with Gasteiger partial charge in [-0.05, 0) is 60.8 Å². The van der Waals surface area contributed by atoms with Gasteiger partial charge in [0.05, 0.1) is 4.90 Å². The van der Waals surface area contributed by atoms with Gasteiger partial charge in [0.25, 0.3) is 15.0 Å². The second-order valence-electron chi connectivity index (χ2n) is 5.23. The second-order valence-corrected chi connectivity index (χ2v) is 8.56. The highest BCUT2D eigenvalue weighted by Gasteiger charge is 2.23. The van der Waals surface area contributed by atoms with E-state index in [1.807, 2.05) is 20.8 Å². The molecule has 0 radical (unpaired) electrons. The van der Waals surface area contributed by atoms with Crippen LogP contribution in [0.25, 0.3) is 0 Å². The fourth-order valence-corrected chi connectivity index (χ4v) is 3.67. The molecule has 7 heteroatoms. The zero-order valence-corrected chi connectivity index (χ0v) is 14.9. The summed E-state index contributed by atoms with van der Waals surface area (Å²) in [5, 5.41) is 2.86. The minimum Gasteiger partial charge on any atom is -0.347 e. The molecule has 0 saturated carbocycles. The average Bonchev–Trinajstić information content (AvgIpc) is 2.30. The van der Waals surface area contributed by atoms with E-state index >= 15 is 0 Å². The molecule has 0 saturated heterocycles. The molecular formula is C13H17BrClNO3S. The van der Waals surface area contributed by atoms with Crippen LogP contribution in [-0.2, 0) is 9.05 Å². The first-order valence-electron chi connectivity index (χ1n) is 6.05. The van der Waals surface area contributed by atoms with Crippen LogP contribution in [0.3, 0.4) is 0 Å². The predicted octanol–water partition coefficient (Wildman–Crippen LogP) is 3.60. The molecule has 0 atom stereocenters. The Morgan fingerprint density at radius 3 is 2.40 bits per heavy atom. The number of nitrogens with one attached hydrogen (secondary N) is 1. The van der Waals surface area contributed by atoms with Gasteiger partial charge in [0.2, 0.25) is 0 Å². The SMILES string of the molecule is CCC(C)(C)NC(=O)c1cc(C)c(Br)c(S(=O)(=O)Cl)c1. The standard InChI is InChI=1S/C13H17BrClNO3S/c1-5-13(3,4)16-12(17)9-6-8(2)11(14)10(7-9)20(15,18)19/h6-7H,5H2,1-4H3,(H,16,17). The molecule has 0 aliphatic heterocycles. The minimum absolute atomic E-state index is 0.0985. The molecule has 0 heterocycles. The number of hydrogen-bond acceptors (Lipinski definition) is 3. The number of carbonyl (C=O) groups is 1. The van der Waals surface area contributed by atoms with E-state index in [1.165, 1.54) is 6.07 Å². The molecule has 0 aliphatic carbocycles. The molecule has 4 nitrogen and oxygen atoms in total. The zero-order chi connectivity index (χ0) is 15.7. The summed E-state index contributed by atoms with van der Waals surface area (Å²) < 4.78 is 23.4. The van der Waals surface area contributed by atoms with Crippen LogP contribution in [0, 0.1) is 6.92 Å². The van der Waals surface area contributed by atoms with Gasteiger partial charge in [0.15, 0.2) is 0 Å². The molecule has 0 bridgehead atoms. The summed E-state index contributed by atoms with van der Waals surface area (Å²) >= 11 is 3.18. The lowest BCUT2D eigenvalue weighted by Gasteiger charge is -2.24. The van der Waals surface area contributed by atoms with Crippen molar-refractivity contribution in [2.75, 3.05) is 0 Å². The van der Waals surface area contributed by atoms with Crippen molar-refractivity contribution < 1.29 is 13.2 Å². The van der Waals surface area contributed by atoms with E-state index in [2.05, 4.69) is 21.2 Å². The highest BCUT2D eigenvalue weighted by atomic mass is 79.9. The van der Waals surface area contributed by atoms with E-state index in [9.17, 15) is 13.2 Å². The van der Waals surface area contributed by atoms with Crippen LogP contribution in [-0.4, -0.2) is 19.9 Å². The van der Waals surface area contributed by atoms with Crippen molar-refractivity contribution in [3.63, 3.8) is 0 Å². The summed E-state index contributed by atoms with van der Waals surface area (Å²) in [5.41, 5.74) is 0.538. The highest BCUT2D eigenvalue weighted by Crippen LogP contribution is 2.29. The molecule has 1 aromatic rings. The average molecular weight is 383 g/mol. The molecule has 0 spiro atoms. The topological polar surface area (TPSA) is 63.2 Å². The lowest BCUT2D eigenvalue weighted by Crippen LogP contribution is -2.42. The summed E-state index contributed by atoms with van der Waals surface area (Å²) in [4.78, 5) is 12.1. The maximum atomic E-state index is 12.2. The molecule has 1 N–H and O–H groups in total. The largest absolute Gasteiger partial charge is 0.347 e. The molecule has 0 aliphatic rings. The van der Waals surface area contributed by atoms with Crippen molar-refractivity contribution >= 4 is 41.6 Å². The Kier molecular flexibility index (Phi) is 5.27. The van der Waals surface area contributed by atoms with Gasteiger partial charge < -0.3 is 5.32 Å². The van der Waals surface area contributed by atoms with Crippen LogP contribution in [0.4, 0.5) is 0 Å². The van der Waals surface area contributed by atoms with Crippen molar-refractivity contribution in [2.45, 2.75) is 44.6 Å². The first-order valence-corrected chi connectivity index (χ1v) is 9.15. The number of amides is 1. The van der Waals surface area contributed by atoms with Gasteiger partial charge in [-0.2, -0.15) is 0 Å². The highest BCUT2D eigenvalue weighted by molar-refractivity contribution is 9.10. The Labute approximate surface area is 132 Å². The Hall–Kier alpha value is -0.590. The Morgan fingerprint density at radius 1 is 1.40 bits per heavy atom. The van der Waals surface area contributed by atoms with Crippen LogP contribution in [0.1, 0.15) is 43.1 Å². The number of benzene rings is 1. The molecular weight excluding hydrogens is 366 g/mol. The van der Waals surface area contributed by atoms with Crippen molar-refractivity contribution in [2.24, 2.45) is 0 Å². The van der Waals surface area contributed by atoms with Crippen molar-refractivity contribution in [3.05, 3.63) is 27.7 Å². The quantitative estimate of drug-likeness (QED) is 0.809. The van der Waals surface area contributed by atoms with Crippen LogP contribution in [0.15, 0.2) is 21.5 Å². The second kappa shape index (κ2) is 6.03. The first-order chi connectivity index (χ1) is 8.98. The summed E-state index contributed by atoms with van der Waals surface area (Å²) in [6, 6.07) is 2.90. The molecule has 112 valence electrons. The zero-order valence-electron chi connectivity index (χ0n) is 11.8. The van der Waals surface area contributed by atoms with Gasteiger partial charge >= 0.3 is 0 Å². The van der Waals surface area contributed by atoms with E-state index in [1.54, 1.807) is 13.0 Å². The number of rotatable bonds is 4. The number of aryl methyl sites for hydroxylation is 1. The monoisotopic (exact) mass is 381 g/mol.